The second kappa shape index (κ2) is 5.67. The van der Waals surface area contributed by atoms with Gasteiger partial charge in [-0.1, -0.05) is 11.6 Å². The fraction of sp³-hybridized carbons (Fsp3) is 0.462. The molecule has 18 heavy (non-hydrogen) atoms. The number of rotatable bonds is 4. The number of carboxylic acids is 1. The first-order chi connectivity index (χ1) is 8.54. The van der Waals surface area contributed by atoms with Gasteiger partial charge in [-0.3, -0.25) is 9.69 Å². The Balaban J connectivity index is 1.95. The van der Waals surface area contributed by atoms with Crippen molar-refractivity contribution < 1.29 is 14.3 Å². The number of hydrogen-bond acceptors (Lipinski definition) is 2. The van der Waals surface area contributed by atoms with Gasteiger partial charge >= 0.3 is 5.97 Å². The Bertz CT molecular complexity index is 453. The molecule has 1 aromatic rings. The molecule has 1 fully saturated rings. The molecule has 1 N–H and O–H groups in total. The molecule has 98 valence electrons. The lowest BCUT2D eigenvalue weighted by Crippen LogP contribution is -2.21. The van der Waals surface area contributed by atoms with E-state index in [9.17, 15) is 9.18 Å². The van der Waals surface area contributed by atoms with Crippen molar-refractivity contribution in [1.29, 1.82) is 0 Å². The quantitative estimate of drug-likeness (QED) is 0.915. The summed E-state index contributed by atoms with van der Waals surface area (Å²) in [4.78, 5) is 12.7. The van der Waals surface area contributed by atoms with Gasteiger partial charge in [-0.2, -0.15) is 0 Å². The smallest absolute Gasteiger partial charge is 0.303 e. The Morgan fingerprint density at radius 2 is 2.33 bits per heavy atom. The highest BCUT2D eigenvalue weighted by molar-refractivity contribution is 6.31. The van der Waals surface area contributed by atoms with Crippen molar-refractivity contribution in [2.24, 2.45) is 5.92 Å². The fourth-order valence-corrected chi connectivity index (χ4v) is 2.55. The molecule has 1 saturated heterocycles. The van der Waals surface area contributed by atoms with Gasteiger partial charge in [0.15, 0.2) is 0 Å². The van der Waals surface area contributed by atoms with E-state index in [0.717, 1.165) is 25.1 Å². The standard InChI is InChI=1S/C13H15ClFNO2/c14-12-2-1-11(15)6-10(12)8-16-4-3-9(7-16)5-13(17)18/h1-2,6,9H,3-5,7-8H2,(H,17,18). The first-order valence-electron chi connectivity index (χ1n) is 5.92. The van der Waals surface area contributed by atoms with Gasteiger partial charge in [-0.25, -0.2) is 4.39 Å². The first-order valence-corrected chi connectivity index (χ1v) is 6.30. The molecule has 0 spiro atoms. The largest absolute Gasteiger partial charge is 0.481 e. The first kappa shape index (κ1) is 13.3. The number of carboxylic acid groups (broad SMARTS) is 1. The maximum atomic E-state index is 13.1. The number of carbonyl (C=O) groups is 1. The van der Waals surface area contributed by atoms with Crippen molar-refractivity contribution in [2.75, 3.05) is 13.1 Å². The third kappa shape index (κ3) is 3.43. The van der Waals surface area contributed by atoms with Crippen LogP contribution in [-0.2, 0) is 11.3 Å². The van der Waals surface area contributed by atoms with Gasteiger partial charge in [-0.15, -0.1) is 0 Å². The van der Waals surface area contributed by atoms with E-state index in [1.165, 1.54) is 12.1 Å². The zero-order valence-electron chi connectivity index (χ0n) is 9.90. The van der Waals surface area contributed by atoms with Crippen LogP contribution in [0.15, 0.2) is 18.2 Å². The summed E-state index contributed by atoms with van der Waals surface area (Å²) in [6.45, 7) is 2.15. The molecule has 1 aliphatic heterocycles. The van der Waals surface area contributed by atoms with E-state index in [1.807, 2.05) is 0 Å². The molecule has 0 bridgehead atoms. The van der Waals surface area contributed by atoms with Crippen LogP contribution in [-0.4, -0.2) is 29.1 Å². The maximum absolute atomic E-state index is 13.1. The van der Waals surface area contributed by atoms with Crippen molar-refractivity contribution in [2.45, 2.75) is 19.4 Å². The van der Waals surface area contributed by atoms with Gasteiger partial charge in [0.1, 0.15) is 5.82 Å². The molecule has 0 saturated carbocycles. The lowest BCUT2D eigenvalue weighted by Gasteiger charge is -2.16. The van der Waals surface area contributed by atoms with Crippen molar-refractivity contribution in [3.05, 3.63) is 34.6 Å². The molecule has 3 nitrogen and oxygen atoms in total. The van der Waals surface area contributed by atoms with E-state index >= 15 is 0 Å². The number of benzene rings is 1. The van der Waals surface area contributed by atoms with Crippen LogP contribution < -0.4 is 0 Å². The number of nitrogens with zero attached hydrogens (tertiary/aromatic N) is 1. The summed E-state index contributed by atoms with van der Waals surface area (Å²) in [5.74, 6) is -0.865. The molecule has 5 heteroatoms. The molecule has 1 aromatic carbocycles. The number of halogens is 2. The molecule has 2 rings (SSSR count). The van der Waals surface area contributed by atoms with Gasteiger partial charge in [0, 0.05) is 24.5 Å². The van der Waals surface area contributed by atoms with Crippen LogP contribution in [0, 0.1) is 11.7 Å². The van der Waals surface area contributed by atoms with E-state index in [2.05, 4.69) is 4.90 Å². The third-order valence-electron chi connectivity index (χ3n) is 3.23. The zero-order chi connectivity index (χ0) is 13.1. The molecule has 0 aromatic heterocycles. The summed E-state index contributed by atoms with van der Waals surface area (Å²) >= 11 is 6.01. The van der Waals surface area contributed by atoms with Crippen LogP contribution in [0.3, 0.4) is 0 Å². The topological polar surface area (TPSA) is 40.5 Å². The van der Waals surface area contributed by atoms with Crippen molar-refractivity contribution >= 4 is 17.6 Å². The second-order valence-electron chi connectivity index (χ2n) is 4.72. The monoisotopic (exact) mass is 271 g/mol. The van der Waals surface area contributed by atoms with Gasteiger partial charge in [0.25, 0.3) is 0 Å². The molecule has 1 atom stereocenters. The summed E-state index contributed by atoms with van der Waals surface area (Å²) in [5.41, 5.74) is 0.757. The lowest BCUT2D eigenvalue weighted by atomic mass is 10.1. The molecule has 1 heterocycles. The molecule has 1 aliphatic rings. The Morgan fingerprint density at radius 3 is 3.06 bits per heavy atom. The fourth-order valence-electron chi connectivity index (χ4n) is 2.38. The van der Waals surface area contributed by atoms with Crippen LogP contribution in [0.4, 0.5) is 4.39 Å². The molecule has 0 radical (unpaired) electrons. The predicted octanol–water partition coefficient (Wildman–Crippen LogP) is 2.78. The van der Waals surface area contributed by atoms with E-state index in [1.54, 1.807) is 6.07 Å². The third-order valence-corrected chi connectivity index (χ3v) is 3.60. The second-order valence-corrected chi connectivity index (χ2v) is 5.13. The highest BCUT2D eigenvalue weighted by atomic mass is 35.5. The van der Waals surface area contributed by atoms with Crippen LogP contribution in [0.1, 0.15) is 18.4 Å². The lowest BCUT2D eigenvalue weighted by molar-refractivity contribution is -0.138. The summed E-state index contributed by atoms with van der Waals surface area (Å²) in [5, 5.41) is 9.29. The maximum Gasteiger partial charge on any atom is 0.303 e. The summed E-state index contributed by atoms with van der Waals surface area (Å²) in [6.07, 6.45) is 1.08. The number of hydrogen-bond donors (Lipinski definition) is 1. The van der Waals surface area contributed by atoms with Gasteiger partial charge in [0.05, 0.1) is 0 Å². The van der Waals surface area contributed by atoms with E-state index in [4.69, 9.17) is 16.7 Å². The minimum absolute atomic E-state index is 0.190. The Hall–Kier alpha value is -1.13. The van der Waals surface area contributed by atoms with Crippen LogP contribution in [0.2, 0.25) is 5.02 Å². The summed E-state index contributed by atoms with van der Waals surface area (Å²) in [7, 11) is 0. The molecular formula is C13H15ClFNO2. The summed E-state index contributed by atoms with van der Waals surface area (Å²) in [6, 6.07) is 4.33. The van der Waals surface area contributed by atoms with Crippen molar-refractivity contribution in [3.63, 3.8) is 0 Å². The van der Waals surface area contributed by atoms with E-state index in [0.29, 0.717) is 11.6 Å². The van der Waals surface area contributed by atoms with Gasteiger partial charge < -0.3 is 5.11 Å². The van der Waals surface area contributed by atoms with Crippen LogP contribution in [0.5, 0.6) is 0 Å². The number of aliphatic carboxylic acids is 1. The molecule has 1 unspecified atom stereocenters. The average Bonchev–Trinajstić information content (AvgIpc) is 2.70. The SMILES string of the molecule is O=C(O)CC1CCN(Cc2cc(F)ccc2Cl)C1. The highest BCUT2D eigenvalue weighted by Crippen LogP contribution is 2.24. The highest BCUT2D eigenvalue weighted by Gasteiger charge is 2.24. The predicted molar refractivity (Wildman–Crippen MR) is 67.0 cm³/mol. The van der Waals surface area contributed by atoms with Crippen LogP contribution >= 0.6 is 11.6 Å². The van der Waals surface area contributed by atoms with Gasteiger partial charge in [0.2, 0.25) is 0 Å². The van der Waals surface area contributed by atoms with Crippen molar-refractivity contribution in [3.8, 4) is 0 Å². The molecule has 0 amide bonds. The van der Waals surface area contributed by atoms with E-state index < -0.39 is 5.97 Å². The number of likely N-dealkylation sites (tertiary alicyclic amines) is 1. The average molecular weight is 272 g/mol. The van der Waals surface area contributed by atoms with Gasteiger partial charge in [-0.05, 0) is 42.6 Å². The van der Waals surface area contributed by atoms with Crippen molar-refractivity contribution in [1.82, 2.24) is 4.90 Å². The normalized spacial score (nSPS) is 20.2. The Morgan fingerprint density at radius 1 is 1.56 bits per heavy atom. The minimum Gasteiger partial charge on any atom is -0.481 e. The van der Waals surface area contributed by atoms with Crippen LogP contribution in [0.25, 0.3) is 0 Å². The zero-order valence-corrected chi connectivity index (χ0v) is 10.7. The molecular weight excluding hydrogens is 257 g/mol. The van der Waals surface area contributed by atoms with E-state index in [-0.39, 0.29) is 18.2 Å². The minimum atomic E-state index is -0.759. The Labute approximate surface area is 110 Å². The summed E-state index contributed by atoms with van der Waals surface area (Å²) < 4.78 is 13.1. The Kier molecular flexibility index (Phi) is 4.19. The molecule has 0 aliphatic carbocycles.